The molecule has 1 aromatic heterocycles. The molecule has 0 saturated carbocycles. The SMILES string of the molecule is COc1c(C)cccc1/N=C/c1nc2ccccc2n1C. The Morgan fingerprint density at radius 2 is 1.95 bits per heavy atom. The molecule has 0 spiro atoms. The number of hydrogen-bond acceptors (Lipinski definition) is 3. The van der Waals surface area contributed by atoms with Crippen LogP contribution in [0, 0.1) is 6.92 Å². The van der Waals surface area contributed by atoms with E-state index in [4.69, 9.17) is 4.74 Å². The van der Waals surface area contributed by atoms with Crippen LogP contribution in [-0.4, -0.2) is 22.9 Å². The third-order valence-electron chi connectivity index (χ3n) is 3.54. The zero-order chi connectivity index (χ0) is 14.8. The molecular weight excluding hydrogens is 262 g/mol. The van der Waals surface area contributed by atoms with Crippen LogP contribution < -0.4 is 4.74 Å². The second-order valence-corrected chi connectivity index (χ2v) is 4.90. The molecule has 2 aromatic carbocycles. The summed E-state index contributed by atoms with van der Waals surface area (Å²) >= 11 is 0. The van der Waals surface area contributed by atoms with E-state index in [2.05, 4.69) is 9.98 Å². The molecule has 0 aliphatic rings. The van der Waals surface area contributed by atoms with Crippen molar-refractivity contribution in [3.05, 3.63) is 53.9 Å². The van der Waals surface area contributed by atoms with E-state index in [0.717, 1.165) is 33.9 Å². The zero-order valence-electron chi connectivity index (χ0n) is 12.4. The first-order valence-corrected chi connectivity index (χ1v) is 6.80. The van der Waals surface area contributed by atoms with Gasteiger partial charge in [-0.1, -0.05) is 24.3 Å². The van der Waals surface area contributed by atoms with Crippen molar-refractivity contribution in [2.24, 2.45) is 12.0 Å². The molecule has 106 valence electrons. The van der Waals surface area contributed by atoms with Crippen molar-refractivity contribution < 1.29 is 4.74 Å². The summed E-state index contributed by atoms with van der Waals surface area (Å²) in [5.41, 5.74) is 3.94. The van der Waals surface area contributed by atoms with Crippen molar-refractivity contribution >= 4 is 22.9 Å². The van der Waals surface area contributed by atoms with E-state index in [1.165, 1.54) is 0 Å². The molecule has 0 fully saturated rings. The number of ether oxygens (including phenoxy) is 1. The van der Waals surface area contributed by atoms with Gasteiger partial charge < -0.3 is 9.30 Å². The fourth-order valence-corrected chi connectivity index (χ4v) is 2.41. The molecular formula is C17H17N3O. The van der Waals surface area contributed by atoms with E-state index < -0.39 is 0 Å². The molecule has 0 atom stereocenters. The van der Waals surface area contributed by atoms with E-state index in [1.807, 2.05) is 61.0 Å². The molecule has 21 heavy (non-hydrogen) atoms. The van der Waals surface area contributed by atoms with Crippen molar-refractivity contribution in [1.82, 2.24) is 9.55 Å². The molecule has 0 aliphatic carbocycles. The summed E-state index contributed by atoms with van der Waals surface area (Å²) in [7, 11) is 3.65. The predicted octanol–water partition coefficient (Wildman–Crippen LogP) is 3.64. The number of rotatable bonds is 3. The lowest BCUT2D eigenvalue weighted by atomic mass is 10.2. The Kier molecular flexibility index (Phi) is 3.44. The van der Waals surface area contributed by atoms with Gasteiger partial charge in [0.25, 0.3) is 0 Å². The van der Waals surface area contributed by atoms with Crippen LogP contribution in [0.1, 0.15) is 11.4 Å². The topological polar surface area (TPSA) is 39.4 Å². The first-order valence-electron chi connectivity index (χ1n) is 6.80. The number of aliphatic imine (C=N–C) groups is 1. The van der Waals surface area contributed by atoms with Gasteiger partial charge in [-0.2, -0.15) is 0 Å². The largest absolute Gasteiger partial charge is 0.494 e. The number of para-hydroxylation sites is 3. The van der Waals surface area contributed by atoms with Gasteiger partial charge in [-0.05, 0) is 30.7 Å². The molecule has 0 saturated heterocycles. The number of benzene rings is 2. The molecule has 3 rings (SSSR count). The molecule has 0 unspecified atom stereocenters. The number of fused-ring (bicyclic) bond motifs is 1. The monoisotopic (exact) mass is 279 g/mol. The van der Waals surface area contributed by atoms with Gasteiger partial charge in [-0.3, -0.25) is 0 Å². The molecule has 3 aromatic rings. The van der Waals surface area contributed by atoms with Gasteiger partial charge in [0.15, 0.2) is 5.82 Å². The average Bonchev–Trinajstić information content (AvgIpc) is 2.82. The third kappa shape index (κ3) is 2.40. The standard InChI is InChI=1S/C17H17N3O/c1-12-7-6-9-14(17(12)21-3)18-11-16-19-13-8-4-5-10-15(13)20(16)2/h4-11H,1-3H3/b18-11+. The van der Waals surface area contributed by atoms with Gasteiger partial charge in [-0.15, -0.1) is 0 Å². The highest BCUT2D eigenvalue weighted by Gasteiger charge is 2.06. The molecule has 4 nitrogen and oxygen atoms in total. The average molecular weight is 279 g/mol. The lowest BCUT2D eigenvalue weighted by molar-refractivity contribution is 0.413. The van der Waals surface area contributed by atoms with Crippen molar-refractivity contribution in [3.8, 4) is 5.75 Å². The quantitative estimate of drug-likeness (QED) is 0.687. The summed E-state index contributed by atoms with van der Waals surface area (Å²) < 4.78 is 7.44. The smallest absolute Gasteiger partial charge is 0.152 e. The Morgan fingerprint density at radius 3 is 2.71 bits per heavy atom. The van der Waals surface area contributed by atoms with Crippen LogP contribution in [0.5, 0.6) is 5.75 Å². The highest BCUT2D eigenvalue weighted by Crippen LogP contribution is 2.30. The van der Waals surface area contributed by atoms with E-state index in [9.17, 15) is 0 Å². The number of aryl methyl sites for hydroxylation is 2. The Labute approximate surface area is 123 Å². The Balaban J connectivity index is 2.02. The molecule has 0 aliphatic heterocycles. The first kappa shape index (κ1) is 13.4. The van der Waals surface area contributed by atoms with Crippen LogP contribution in [0.25, 0.3) is 11.0 Å². The Hall–Kier alpha value is -2.62. The van der Waals surface area contributed by atoms with Gasteiger partial charge in [0.05, 0.1) is 24.4 Å². The summed E-state index contributed by atoms with van der Waals surface area (Å²) in [6.45, 7) is 2.01. The van der Waals surface area contributed by atoms with Crippen molar-refractivity contribution in [3.63, 3.8) is 0 Å². The predicted molar refractivity (Wildman–Crippen MR) is 85.7 cm³/mol. The summed E-state index contributed by atoms with van der Waals surface area (Å²) in [4.78, 5) is 9.11. The lowest BCUT2D eigenvalue weighted by Crippen LogP contribution is -1.96. The summed E-state index contributed by atoms with van der Waals surface area (Å²) in [5.74, 6) is 1.62. The van der Waals surface area contributed by atoms with Gasteiger partial charge in [0, 0.05) is 7.05 Å². The van der Waals surface area contributed by atoms with E-state index in [-0.39, 0.29) is 0 Å². The van der Waals surface area contributed by atoms with Crippen molar-refractivity contribution in [1.29, 1.82) is 0 Å². The van der Waals surface area contributed by atoms with Crippen LogP contribution >= 0.6 is 0 Å². The number of nitrogens with zero attached hydrogens (tertiary/aromatic N) is 3. The van der Waals surface area contributed by atoms with Crippen LogP contribution in [-0.2, 0) is 7.05 Å². The fraction of sp³-hybridized carbons (Fsp3) is 0.176. The molecule has 0 radical (unpaired) electrons. The maximum atomic E-state index is 5.41. The highest BCUT2D eigenvalue weighted by atomic mass is 16.5. The van der Waals surface area contributed by atoms with Gasteiger partial charge in [0.2, 0.25) is 0 Å². The van der Waals surface area contributed by atoms with Crippen LogP contribution in [0.4, 0.5) is 5.69 Å². The lowest BCUT2D eigenvalue weighted by Gasteiger charge is -2.06. The number of hydrogen-bond donors (Lipinski definition) is 0. The molecule has 4 heteroatoms. The number of imidazole rings is 1. The molecule has 0 bridgehead atoms. The molecule has 0 amide bonds. The zero-order valence-corrected chi connectivity index (χ0v) is 12.4. The van der Waals surface area contributed by atoms with Gasteiger partial charge in [-0.25, -0.2) is 9.98 Å². The Morgan fingerprint density at radius 1 is 1.14 bits per heavy atom. The third-order valence-corrected chi connectivity index (χ3v) is 3.54. The fourth-order valence-electron chi connectivity index (χ4n) is 2.41. The maximum absolute atomic E-state index is 5.41. The minimum Gasteiger partial charge on any atom is -0.494 e. The highest BCUT2D eigenvalue weighted by molar-refractivity contribution is 5.86. The first-order chi connectivity index (χ1) is 10.2. The van der Waals surface area contributed by atoms with E-state index in [1.54, 1.807) is 13.3 Å². The minimum absolute atomic E-state index is 0.799. The van der Waals surface area contributed by atoms with E-state index in [0.29, 0.717) is 0 Å². The normalized spacial score (nSPS) is 11.4. The summed E-state index contributed by atoms with van der Waals surface area (Å²) in [6, 6.07) is 14.0. The summed E-state index contributed by atoms with van der Waals surface area (Å²) in [6.07, 6.45) is 1.78. The van der Waals surface area contributed by atoms with Crippen molar-refractivity contribution in [2.45, 2.75) is 6.92 Å². The number of aromatic nitrogens is 2. The van der Waals surface area contributed by atoms with Gasteiger partial charge in [0.1, 0.15) is 11.4 Å². The minimum atomic E-state index is 0.799. The molecule has 1 heterocycles. The Bertz CT molecular complexity index is 818. The van der Waals surface area contributed by atoms with E-state index >= 15 is 0 Å². The second kappa shape index (κ2) is 5.40. The summed E-state index contributed by atoms with van der Waals surface area (Å²) in [5, 5.41) is 0. The second-order valence-electron chi connectivity index (χ2n) is 4.90. The molecule has 0 N–H and O–H groups in total. The maximum Gasteiger partial charge on any atom is 0.152 e. The van der Waals surface area contributed by atoms with Crippen LogP contribution in [0.15, 0.2) is 47.5 Å². The number of methoxy groups -OCH3 is 1. The van der Waals surface area contributed by atoms with Crippen molar-refractivity contribution in [2.75, 3.05) is 7.11 Å². The van der Waals surface area contributed by atoms with Gasteiger partial charge >= 0.3 is 0 Å². The van der Waals surface area contributed by atoms with Crippen LogP contribution in [0.2, 0.25) is 0 Å². The van der Waals surface area contributed by atoms with Crippen LogP contribution in [0.3, 0.4) is 0 Å².